The average molecular weight is 374 g/mol. The molecule has 0 bridgehead atoms. The molecule has 0 radical (unpaired) electrons. The van der Waals surface area contributed by atoms with Crippen molar-refractivity contribution in [2.75, 3.05) is 44.7 Å². The second-order valence-electron chi connectivity index (χ2n) is 6.18. The molecule has 0 unspecified atom stereocenters. The van der Waals surface area contributed by atoms with E-state index < -0.39 is 0 Å². The Hall–Kier alpha value is -2.28. The first-order valence-corrected chi connectivity index (χ1v) is 10.00. The summed E-state index contributed by atoms with van der Waals surface area (Å²) in [5, 5.41) is 6.93. The highest BCUT2D eigenvalue weighted by Gasteiger charge is 2.20. The summed E-state index contributed by atoms with van der Waals surface area (Å²) >= 11 is 1.80. The standard InChI is InChI=1S/C19H27N5OS/c1-3-12-25-17-7-6-16(14-21-17)15-22-19(20-2)24-10-8-23(9-11-24)18-5-4-13-26-18/h4-7,13-14H,3,8-12,15H2,1-2H3,(H,20,22). The number of hydrogen-bond acceptors (Lipinski definition) is 5. The number of ether oxygens (including phenoxy) is 1. The van der Waals surface area contributed by atoms with Crippen LogP contribution in [0.4, 0.5) is 5.00 Å². The highest BCUT2D eigenvalue weighted by Crippen LogP contribution is 2.22. The number of aromatic nitrogens is 1. The molecule has 140 valence electrons. The highest BCUT2D eigenvalue weighted by molar-refractivity contribution is 7.14. The maximum Gasteiger partial charge on any atom is 0.213 e. The van der Waals surface area contributed by atoms with Crippen molar-refractivity contribution in [3.05, 3.63) is 41.4 Å². The smallest absolute Gasteiger partial charge is 0.213 e. The number of rotatable bonds is 6. The molecule has 2 aromatic rings. The number of pyridine rings is 1. The van der Waals surface area contributed by atoms with E-state index in [4.69, 9.17) is 4.74 Å². The lowest BCUT2D eigenvalue weighted by molar-refractivity contribution is 0.305. The Morgan fingerprint density at radius 1 is 1.27 bits per heavy atom. The quantitative estimate of drug-likeness (QED) is 0.623. The van der Waals surface area contributed by atoms with Crippen molar-refractivity contribution >= 4 is 22.3 Å². The Morgan fingerprint density at radius 2 is 2.12 bits per heavy atom. The van der Waals surface area contributed by atoms with Gasteiger partial charge in [0.05, 0.1) is 11.6 Å². The molecule has 0 aromatic carbocycles. The molecule has 0 saturated carbocycles. The minimum Gasteiger partial charge on any atom is -0.478 e. The van der Waals surface area contributed by atoms with E-state index >= 15 is 0 Å². The van der Waals surface area contributed by atoms with Crippen molar-refractivity contribution in [3.63, 3.8) is 0 Å². The van der Waals surface area contributed by atoms with Crippen LogP contribution in [-0.2, 0) is 6.54 Å². The van der Waals surface area contributed by atoms with Crippen molar-refractivity contribution in [1.29, 1.82) is 0 Å². The number of thiophene rings is 1. The van der Waals surface area contributed by atoms with Crippen LogP contribution in [0.5, 0.6) is 5.88 Å². The van der Waals surface area contributed by atoms with Gasteiger partial charge >= 0.3 is 0 Å². The molecule has 1 N–H and O–H groups in total. The number of anilines is 1. The zero-order valence-electron chi connectivity index (χ0n) is 15.5. The molecule has 0 amide bonds. The van der Waals surface area contributed by atoms with E-state index in [-0.39, 0.29) is 0 Å². The Kier molecular flexibility index (Phi) is 6.71. The predicted molar refractivity (Wildman–Crippen MR) is 108 cm³/mol. The van der Waals surface area contributed by atoms with Crippen LogP contribution in [-0.4, -0.2) is 55.7 Å². The van der Waals surface area contributed by atoms with Gasteiger partial charge in [-0.25, -0.2) is 4.98 Å². The van der Waals surface area contributed by atoms with Crippen molar-refractivity contribution < 1.29 is 4.74 Å². The molecule has 0 spiro atoms. The zero-order valence-corrected chi connectivity index (χ0v) is 16.3. The first-order valence-electron chi connectivity index (χ1n) is 9.12. The summed E-state index contributed by atoms with van der Waals surface area (Å²) in [5.74, 6) is 1.63. The second-order valence-corrected chi connectivity index (χ2v) is 7.11. The normalized spacial score (nSPS) is 15.2. The number of nitrogens with zero attached hydrogens (tertiary/aromatic N) is 4. The van der Waals surface area contributed by atoms with Crippen LogP contribution in [0.15, 0.2) is 40.8 Å². The van der Waals surface area contributed by atoms with Gasteiger partial charge in [-0.05, 0) is 29.5 Å². The van der Waals surface area contributed by atoms with Gasteiger partial charge in [-0.3, -0.25) is 4.99 Å². The average Bonchev–Trinajstić information content (AvgIpc) is 3.23. The molecule has 2 aromatic heterocycles. The molecular weight excluding hydrogens is 346 g/mol. The molecule has 1 saturated heterocycles. The van der Waals surface area contributed by atoms with Gasteiger partial charge in [-0.2, -0.15) is 0 Å². The number of aliphatic imine (C=N–C) groups is 1. The van der Waals surface area contributed by atoms with Gasteiger partial charge in [0.15, 0.2) is 5.96 Å². The summed E-state index contributed by atoms with van der Waals surface area (Å²) in [7, 11) is 1.84. The van der Waals surface area contributed by atoms with Gasteiger partial charge in [0.25, 0.3) is 0 Å². The summed E-state index contributed by atoms with van der Waals surface area (Å²) in [4.78, 5) is 13.5. The van der Waals surface area contributed by atoms with E-state index in [1.165, 1.54) is 5.00 Å². The fourth-order valence-electron chi connectivity index (χ4n) is 2.91. The minimum atomic E-state index is 0.685. The van der Waals surface area contributed by atoms with E-state index in [0.29, 0.717) is 19.0 Å². The predicted octanol–water partition coefficient (Wildman–Crippen LogP) is 2.83. The van der Waals surface area contributed by atoms with Gasteiger partial charge in [-0.1, -0.05) is 13.0 Å². The third-order valence-corrected chi connectivity index (χ3v) is 5.24. The molecule has 3 heterocycles. The summed E-state index contributed by atoms with van der Waals surface area (Å²) in [6, 6.07) is 8.27. The van der Waals surface area contributed by atoms with E-state index in [1.54, 1.807) is 11.3 Å². The van der Waals surface area contributed by atoms with Crippen LogP contribution in [0.25, 0.3) is 0 Å². The Bertz CT molecular complexity index is 678. The molecule has 1 aliphatic heterocycles. The highest BCUT2D eigenvalue weighted by atomic mass is 32.1. The van der Waals surface area contributed by atoms with Crippen LogP contribution in [0.3, 0.4) is 0 Å². The lowest BCUT2D eigenvalue weighted by Gasteiger charge is -2.37. The molecular formula is C19H27N5OS. The SMILES string of the molecule is CCCOc1ccc(CNC(=NC)N2CCN(c3cccs3)CC2)cn1. The van der Waals surface area contributed by atoms with Crippen molar-refractivity contribution in [1.82, 2.24) is 15.2 Å². The van der Waals surface area contributed by atoms with E-state index in [0.717, 1.165) is 44.1 Å². The van der Waals surface area contributed by atoms with Crippen LogP contribution >= 0.6 is 11.3 Å². The van der Waals surface area contributed by atoms with E-state index in [9.17, 15) is 0 Å². The second kappa shape index (κ2) is 9.43. The van der Waals surface area contributed by atoms with Crippen LogP contribution in [0.2, 0.25) is 0 Å². The van der Waals surface area contributed by atoms with E-state index in [1.807, 2.05) is 25.4 Å². The number of piperazine rings is 1. The minimum absolute atomic E-state index is 0.685. The third kappa shape index (κ3) is 4.88. The number of hydrogen-bond donors (Lipinski definition) is 1. The molecule has 26 heavy (non-hydrogen) atoms. The van der Waals surface area contributed by atoms with Gasteiger partial charge in [0.2, 0.25) is 5.88 Å². The largest absolute Gasteiger partial charge is 0.478 e. The summed E-state index contributed by atoms with van der Waals surface area (Å²) < 4.78 is 5.53. The van der Waals surface area contributed by atoms with Crippen molar-refractivity contribution in [3.8, 4) is 5.88 Å². The maximum absolute atomic E-state index is 5.53. The van der Waals surface area contributed by atoms with Crippen LogP contribution in [0, 0.1) is 0 Å². The molecule has 6 nitrogen and oxygen atoms in total. The van der Waals surface area contributed by atoms with Crippen molar-refractivity contribution in [2.24, 2.45) is 4.99 Å². The summed E-state index contributed by atoms with van der Waals surface area (Å²) in [6.45, 7) is 7.48. The zero-order chi connectivity index (χ0) is 18.2. The van der Waals surface area contributed by atoms with E-state index in [2.05, 4.69) is 49.5 Å². The van der Waals surface area contributed by atoms with Crippen LogP contribution < -0.4 is 15.0 Å². The maximum atomic E-state index is 5.53. The Morgan fingerprint density at radius 3 is 2.73 bits per heavy atom. The Labute approximate surface area is 159 Å². The monoisotopic (exact) mass is 373 g/mol. The first kappa shape index (κ1) is 18.5. The first-order chi connectivity index (χ1) is 12.8. The molecule has 0 aliphatic carbocycles. The van der Waals surface area contributed by atoms with Crippen molar-refractivity contribution in [2.45, 2.75) is 19.9 Å². The lowest BCUT2D eigenvalue weighted by Crippen LogP contribution is -2.52. The number of nitrogens with one attached hydrogen (secondary N) is 1. The summed E-state index contributed by atoms with van der Waals surface area (Å²) in [5.41, 5.74) is 1.12. The molecule has 7 heteroatoms. The third-order valence-electron chi connectivity index (χ3n) is 4.31. The topological polar surface area (TPSA) is 53.0 Å². The van der Waals surface area contributed by atoms with Crippen LogP contribution in [0.1, 0.15) is 18.9 Å². The van der Waals surface area contributed by atoms with Gasteiger partial charge in [-0.15, -0.1) is 11.3 Å². The lowest BCUT2D eigenvalue weighted by atomic mass is 10.3. The fraction of sp³-hybridized carbons (Fsp3) is 0.474. The molecule has 0 atom stereocenters. The van der Waals surface area contributed by atoms with Gasteiger partial charge in [0.1, 0.15) is 0 Å². The van der Waals surface area contributed by atoms with Gasteiger partial charge in [0, 0.05) is 52.0 Å². The summed E-state index contributed by atoms with van der Waals surface area (Å²) in [6.07, 6.45) is 2.85. The molecule has 1 fully saturated rings. The fourth-order valence-corrected chi connectivity index (χ4v) is 3.69. The Balaban J connectivity index is 1.48. The molecule has 1 aliphatic rings. The number of guanidine groups is 1. The van der Waals surface area contributed by atoms with Gasteiger partial charge < -0.3 is 19.9 Å². The molecule has 3 rings (SSSR count).